The molecule has 0 aliphatic heterocycles. The number of ether oxygens (including phenoxy) is 23. The Morgan fingerprint density at radius 1 is 0.274 bits per heavy atom. The summed E-state index contributed by atoms with van der Waals surface area (Å²) in [4.78, 5) is 39.8. The van der Waals surface area contributed by atoms with E-state index in [1.807, 2.05) is 0 Å². The normalized spacial score (nSPS) is 12.2. The second kappa shape index (κ2) is 90.6. The lowest BCUT2D eigenvalue weighted by atomic mass is 9.76. The summed E-state index contributed by atoms with van der Waals surface area (Å²) in [6, 6.07) is 0. The van der Waals surface area contributed by atoms with Crippen LogP contribution in [0.15, 0.2) is 5.11 Å². The SMILES string of the molecule is [N-]=[N+]=NCCOCCOCCOCCOCCOCCOCCOCCOCCOCCOCCOCCOCCOCCOCCOCCOCCOCCOCCOCCOCCOCCOCCOCCNC(=O)C(CCCCCCCCCCCO)(CCCCCCCCCCC(=O)O)C(=O)O. The molecule has 0 rings (SSSR count). The first-order valence-corrected chi connectivity index (χ1v) is 39.0. The van der Waals surface area contributed by atoms with Gasteiger partial charge in [-0.05, 0) is 31.2 Å². The zero-order chi connectivity index (χ0) is 76.4. The fraction of sp³-hybridized carbons (Fsp3) is 0.959. The minimum atomic E-state index is -1.48. The second-order valence-corrected chi connectivity index (χ2v) is 24.1. The topological polar surface area (TPSA) is 385 Å². The Bertz CT molecular complexity index is 1830. The maximum absolute atomic E-state index is 13.6. The van der Waals surface area contributed by atoms with Crippen molar-refractivity contribution in [3.63, 3.8) is 0 Å². The Hall–Kier alpha value is -3.24. The molecule has 0 aliphatic rings. The molecule has 106 heavy (non-hydrogen) atoms. The number of nitrogens with zero attached hydrogens (tertiary/aromatic N) is 3. The number of amides is 1. The third-order valence-corrected chi connectivity index (χ3v) is 15.5. The molecule has 0 saturated carbocycles. The number of hydrogen-bond acceptors (Lipinski definition) is 28. The molecule has 0 aliphatic carbocycles. The van der Waals surface area contributed by atoms with Crippen LogP contribution in [0.25, 0.3) is 10.4 Å². The Kier molecular flexibility index (Phi) is 87.9. The first-order valence-electron chi connectivity index (χ1n) is 39.0. The van der Waals surface area contributed by atoms with Crippen molar-refractivity contribution >= 4 is 17.8 Å². The molecule has 1 amide bonds. The van der Waals surface area contributed by atoms with Crippen molar-refractivity contribution in [1.29, 1.82) is 0 Å². The van der Waals surface area contributed by atoms with Crippen molar-refractivity contribution in [1.82, 2.24) is 5.32 Å². The molecular formula is C73H142N4O29. The molecule has 33 heteroatoms. The summed E-state index contributed by atoms with van der Waals surface area (Å²) in [6.07, 6.45) is 16.7. The number of azide groups is 1. The lowest BCUT2D eigenvalue weighted by molar-refractivity contribution is -0.157. The van der Waals surface area contributed by atoms with E-state index in [1.54, 1.807) is 0 Å². The number of unbranched alkanes of at least 4 members (excludes halogenated alkanes) is 15. The lowest BCUT2D eigenvalue weighted by Crippen LogP contribution is -2.47. The number of aliphatic carboxylic acids is 2. The molecule has 0 aromatic heterocycles. The molecule has 4 N–H and O–H groups in total. The van der Waals surface area contributed by atoms with E-state index in [2.05, 4.69) is 15.3 Å². The number of hydrogen-bond donors (Lipinski definition) is 4. The van der Waals surface area contributed by atoms with Crippen LogP contribution in [0.1, 0.15) is 128 Å². The molecule has 33 nitrogen and oxygen atoms in total. The van der Waals surface area contributed by atoms with Gasteiger partial charge in [-0.2, -0.15) is 0 Å². The smallest absolute Gasteiger partial charge is 0.319 e. The summed E-state index contributed by atoms with van der Waals surface area (Å²) < 4.78 is 127. The average molecular weight is 1540 g/mol. The van der Waals surface area contributed by atoms with Crippen LogP contribution in [-0.4, -0.2) is 357 Å². The van der Waals surface area contributed by atoms with Crippen LogP contribution in [0, 0.1) is 5.41 Å². The van der Waals surface area contributed by atoms with Crippen molar-refractivity contribution < 1.29 is 139 Å². The van der Waals surface area contributed by atoms with Crippen LogP contribution in [0.2, 0.25) is 0 Å². The van der Waals surface area contributed by atoms with Gasteiger partial charge in [0.15, 0.2) is 0 Å². The summed E-state index contributed by atoms with van der Waals surface area (Å²) in [5.74, 6) is -2.29. The van der Waals surface area contributed by atoms with Gasteiger partial charge in [0.2, 0.25) is 5.91 Å². The number of aliphatic hydroxyl groups excluding tert-OH is 1. The van der Waals surface area contributed by atoms with Crippen LogP contribution in [0.3, 0.4) is 0 Å². The average Bonchev–Trinajstić information content (AvgIpc) is 0.819. The van der Waals surface area contributed by atoms with Gasteiger partial charge in [-0.15, -0.1) is 0 Å². The van der Waals surface area contributed by atoms with Crippen LogP contribution < -0.4 is 5.32 Å². The number of carbonyl (C=O) groups excluding carboxylic acids is 1. The fourth-order valence-corrected chi connectivity index (χ4v) is 9.70. The molecule has 0 saturated heterocycles. The van der Waals surface area contributed by atoms with Gasteiger partial charge >= 0.3 is 11.9 Å². The molecular weight excluding hydrogens is 1400 g/mol. The zero-order valence-electron chi connectivity index (χ0n) is 64.6. The van der Waals surface area contributed by atoms with Crippen molar-refractivity contribution in [2.24, 2.45) is 10.5 Å². The van der Waals surface area contributed by atoms with E-state index in [0.29, 0.717) is 330 Å². The third kappa shape index (κ3) is 81.7. The van der Waals surface area contributed by atoms with Crippen molar-refractivity contribution in [2.75, 3.05) is 324 Å². The van der Waals surface area contributed by atoms with Crippen LogP contribution in [-0.2, 0) is 123 Å². The molecule has 0 spiro atoms. The van der Waals surface area contributed by atoms with Crippen LogP contribution in [0.4, 0.5) is 0 Å². The van der Waals surface area contributed by atoms with E-state index in [9.17, 15) is 19.5 Å². The molecule has 628 valence electrons. The summed E-state index contributed by atoms with van der Waals surface area (Å²) in [5.41, 5.74) is 6.70. The summed E-state index contributed by atoms with van der Waals surface area (Å²) in [5, 5.41) is 34.5. The third-order valence-electron chi connectivity index (χ3n) is 15.5. The van der Waals surface area contributed by atoms with E-state index in [0.717, 1.165) is 89.9 Å². The van der Waals surface area contributed by atoms with Gasteiger partial charge in [0.05, 0.1) is 304 Å². The lowest BCUT2D eigenvalue weighted by Gasteiger charge is -2.28. The van der Waals surface area contributed by atoms with E-state index in [4.69, 9.17) is 125 Å². The monoisotopic (exact) mass is 1540 g/mol. The fourth-order valence-electron chi connectivity index (χ4n) is 9.70. The number of rotatable bonds is 96. The number of carboxylic acids is 2. The highest BCUT2D eigenvalue weighted by Gasteiger charge is 2.44. The summed E-state index contributed by atoms with van der Waals surface area (Å²) >= 11 is 0. The number of carbonyl (C=O) groups is 3. The molecule has 0 aromatic carbocycles. The predicted molar refractivity (Wildman–Crippen MR) is 393 cm³/mol. The molecule has 0 bridgehead atoms. The van der Waals surface area contributed by atoms with Crippen LogP contribution in [0.5, 0.6) is 0 Å². The molecule has 1 unspecified atom stereocenters. The van der Waals surface area contributed by atoms with Gasteiger partial charge in [-0.3, -0.25) is 14.4 Å². The molecule has 0 heterocycles. The van der Waals surface area contributed by atoms with E-state index in [1.165, 1.54) is 0 Å². The summed E-state index contributed by atoms with van der Waals surface area (Å²) in [6.45, 7) is 21.5. The van der Waals surface area contributed by atoms with Crippen molar-refractivity contribution in [3.8, 4) is 0 Å². The van der Waals surface area contributed by atoms with Gasteiger partial charge in [-0.1, -0.05) is 101 Å². The maximum atomic E-state index is 13.6. The van der Waals surface area contributed by atoms with Crippen molar-refractivity contribution in [2.45, 2.75) is 128 Å². The molecule has 1 atom stereocenters. The minimum absolute atomic E-state index is 0.202. The quantitative estimate of drug-likeness (QED) is 0.0161. The standard InChI is InChI=1S/C73H142N4O29/c74-77-76-22-25-85-27-29-87-31-33-89-35-37-91-39-41-93-43-45-95-47-49-97-51-53-99-55-57-101-59-61-103-63-65-105-67-69-106-68-66-104-64-62-102-60-58-100-56-54-98-52-50-96-48-46-94-44-42-92-40-38-90-36-34-88-32-30-86-28-26-84-24-21-75-71(81)73(72(82)83,19-15-11-7-3-1-5-9-13-17-23-78)20-16-12-8-4-2-6-10-14-18-70(79)80/h78H,1-69H2,(H,75,81)(H,79,80)(H,82,83). The molecule has 0 radical (unpaired) electrons. The van der Waals surface area contributed by atoms with Gasteiger partial charge in [-0.25, -0.2) is 0 Å². The Labute approximate surface area is 632 Å². The number of carboxylic acid groups (broad SMARTS) is 2. The Morgan fingerprint density at radius 3 is 0.660 bits per heavy atom. The first-order chi connectivity index (χ1) is 52.4. The number of nitrogens with one attached hydrogen (secondary N) is 1. The Morgan fingerprint density at radius 2 is 0.462 bits per heavy atom. The number of aliphatic hydroxyl groups is 1. The molecule has 0 aromatic rings. The van der Waals surface area contributed by atoms with Gasteiger partial charge < -0.3 is 130 Å². The largest absolute Gasteiger partial charge is 0.481 e. The molecule has 0 fully saturated rings. The maximum Gasteiger partial charge on any atom is 0.319 e. The first kappa shape index (κ1) is 103. The van der Waals surface area contributed by atoms with E-state index in [-0.39, 0.29) is 32.6 Å². The van der Waals surface area contributed by atoms with Gasteiger partial charge in [0.25, 0.3) is 0 Å². The Balaban J connectivity index is 3.44. The second-order valence-electron chi connectivity index (χ2n) is 24.1. The van der Waals surface area contributed by atoms with Gasteiger partial charge in [0, 0.05) is 31.0 Å². The predicted octanol–water partition coefficient (Wildman–Crippen LogP) is 6.74. The van der Waals surface area contributed by atoms with E-state index < -0.39 is 23.3 Å². The highest BCUT2D eigenvalue weighted by Crippen LogP contribution is 2.33. The zero-order valence-corrected chi connectivity index (χ0v) is 64.6. The summed E-state index contributed by atoms with van der Waals surface area (Å²) in [7, 11) is 0. The van der Waals surface area contributed by atoms with Gasteiger partial charge in [0.1, 0.15) is 5.41 Å². The minimum Gasteiger partial charge on any atom is -0.481 e. The van der Waals surface area contributed by atoms with Crippen molar-refractivity contribution in [3.05, 3.63) is 10.4 Å². The highest BCUT2D eigenvalue weighted by atomic mass is 16.6. The highest BCUT2D eigenvalue weighted by molar-refractivity contribution is 6.01. The van der Waals surface area contributed by atoms with Crippen LogP contribution >= 0.6 is 0 Å². The van der Waals surface area contributed by atoms with E-state index >= 15 is 0 Å².